The Bertz CT molecular complexity index is 534. The van der Waals surface area contributed by atoms with E-state index in [4.69, 9.17) is 0 Å². The molecule has 0 radical (unpaired) electrons. The molecule has 0 unspecified atom stereocenters. The Morgan fingerprint density at radius 2 is 1.06 bits per heavy atom. The summed E-state index contributed by atoms with van der Waals surface area (Å²) in [6, 6.07) is 18.1. The minimum atomic E-state index is 0.140. The van der Waals surface area contributed by atoms with Crippen LogP contribution in [0.4, 0.5) is 0 Å². The largest absolute Gasteiger partial charge is 0.0619 e. The van der Waals surface area contributed by atoms with E-state index in [9.17, 15) is 0 Å². The summed E-state index contributed by atoms with van der Waals surface area (Å²) < 4.78 is 0. The van der Waals surface area contributed by atoms with Crippen molar-refractivity contribution in [1.82, 2.24) is 0 Å². The zero-order chi connectivity index (χ0) is 12.4. The highest BCUT2D eigenvalue weighted by Crippen LogP contribution is 2.61. The third kappa shape index (κ3) is 1.07. The SMILES string of the molecule is CC1(C)c2ccccc2C2(CC2)c2ccccc21. The Balaban J connectivity index is 2.11. The summed E-state index contributed by atoms with van der Waals surface area (Å²) in [6.45, 7) is 4.72. The Kier molecular flexibility index (Phi) is 1.76. The average Bonchev–Trinajstić information content (AvgIpc) is 3.19. The van der Waals surface area contributed by atoms with E-state index in [1.54, 1.807) is 11.1 Å². The van der Waals surface area contributed by atoms with E-state index < -0.39 is 0 Å². The lowest BCUT2D eigenvalue weighted by atomic mass is 9.64. The zero-order valence-corrected chi connectivity index (χ0v) is 11.0. The highest BCUT2D eigenvalue weighted by molar-refractivity contribution is 5.61. The lowest BCUT2D eigenvalue weighted by Gasteiger charge is -2.39. The quantitative estimate of drug-likeness (QED) is 0.633. The Morgan fingerprint density at radius 3 is 1.44 bits per heavy atom. The van der Waals surface area contributed by atoms with Crippen molar-refractivity contribution in [2.24, 2.45) is 0 Å². The van der Waals surface area contributed by atoms with Crippen LogP contribution in [0, 0.1) is 0 Å². The Morgan fingerprint density at radius 1 is 0.667 bits per heavy atom. The van der Waals surface area contributed by atoms with Crippen LogP contribution in [0.25, 0.3) is 0 Å². The van der Waals surface area contributed by atoms with E-state index in [1.807, 2.05) is 0 Å². The molecule has 0 nitrogen and oxygen atoms in total. The predicted molar refractivity (Wildman–Crippen MR) is 75.0 cm³/mol. The molecule has 1 spiro atoms. The van der Waals surface area contributed by atoms with Gasteiger partial charge in [-0.2, -0.15) is 0 Å². The van der Waals surface area contributed by atoms with Gasteiger partial charge in [0.25, 0.3) is 0 Å². The second-order valence-electron chi connectivity index (χ2n) is 6.30. The first-order chi connectivity index (χ1) is 8.66. The predicted octanol–water partition coefficient (Wildman–Crippen LogP) is 4.41. The minimum Gasteiger partial charge on any atom is -0.0619 e. The fourth-order valence-corrected chi connectivity index (χ4v) is 3.84. The first-order valence-electron chi connectivity index (χ1n) is 6.86. The van der Waals surface area contributed by atoms with Crippen molar-refractivity contribution in [1.29, 1.82) is 0 Å². The van der Waals surface area contributed by atoms with Gasteiger partial charge >= 0.3 is 0 Å². The monoisotopic (exact) mass is 234 g/mol. The van der Waals surface area contributed by atoms with E-state index >= 15 is 0 Å². The molecule has 0 aromatic heterocycles. The van der Waals surface area contributed by atoms with Crippen LogP contribution < -0.4 is 0 Å². The van der Waals surface area contributed by atoms with Crippen molar-refractivity contribution >= 4 is 0 Å². The molecule has 1 saturated carbocycles. The van der Waals surface area contributed by atoms with Gasteiger partial charge in [-0.05, 0) is 35.1 Å². The summed E-state index contributed by atoms with van der Waals surface area (Å²) in [4.78, 5) is 0. The van der Waals surface area contributed by atoms with Crippen LogP contribution in [0.2, 0.25) is 0 Å². The van der Waals surface area contributed by atoms with Crippen molar-refractivity contribution in [3.8, 4) is 0 Å². The standard InChI is InChI=1S/C18H18/c1-17(2)13-7-3-5-9-15(13)18(11-12-18)16-10-6-4-8-14(16)17/h3-10H,11-12H2,1-2H3. The number of rotatable bonds is 0. The van der Waals surface area contributed by atoms with E-state index in [0.717, 1.165) is 0 Å². The molecule has 18 heavy (non-hydrogen) atoms. The van der Waals surface area contributed by atoms with Gasteiger partial charge in [-0.25, -0.2) is 0 Å². The van der Waals surface area contributed by atoms with Crippen molar-refractivity contribution in [3.05, 3.63) is 70.8 Å². The Hall–Kier alpha value is -1.56. The van der Waals surface area contributed by atoms with Gasteiger partial charge in [-0.15, -0.1) is 0 Å². The second-order valence-corrected chi connectivity index (χ2v) is 6.30. The van der Waals surface area contributed by atoms with Crippen LogP contribution in [-0.4, -0.2) is 0 Å². The van der Waals surface area contributed by atoms with Crippen LogP contribution >= 0.6 is 0 Å². The third-order valence-electron chi connectivity index (χ3n) is 4.98. The van der Waals surface area contributed by atoms with Crippen LogP contribution in [0.15, 0.2) is 48.5 Å². The first-order valence-corrected chi connectivity index (χ1v) is 6.86. The highest BCUT2D eigenvalue weighted by Gasteiger charge is 2.53. The molecule has 0 heteroatoms. The van der Waals surface area contributed by atoms with Gasteiger partial charge < -0.3 is 0 Å². The molecule has 2 aliphatic rings. The lowest BCUT2D eigenvalue weighted by molar-refractivity contribution is 0.577. The number of fused-ring (bicyclic) bond motifs is 4. The fraction of sp³-hybridized carbons (Fsp3) is 0.333. The molecule has 2 aliphatic carbocycles. The Labute approximate surface area is 109 Å². The summed E-state index contributed by atoms with van der Waals surface area (Å²) in [5.74, 6) is 0. The summed E-state index contributed by atoms with van der Waals surface area (Å²) >= 11 is 0. The average molecular weight is 234 g/mol. The second kappa shape index (κ2) is 3.06. The topological polar surface area (TPSA) is 0 Å². The zero-order valence-electron chi connectivity index (χ0n) is 11.0. The van der Waals surface area contributed by atoms with Crippen LogP contribution in [0.5, 0.6) is 0 Å². The molecule has 0 bridgehead atoms. The fourth-order valence-electron chi connectivity index (χ4n) is 3.84. The maximum Gasteiger partial charge on any atom is 0.0209 e. The number of hydrogen-bond acceptors (Lipinski definition) is 0. The van der Waals surface area contributed by atoms with Gasteiger partial charge in [0.05, 0.1) is 0 Å². The molecule has 0 N–H and O–H groups in total. The minimum absolute atomic E-state index is 0.140. The molecule has 2 aromatic rings. The molecule has 90 valence electrons. The molecular weight excluding hydrogens is 216 g/mol. The molecule has 4 rings (SSSR count). The summed E-state index contributed by atoms with van der Waals surface area (Å²) in [6.07, 6.45) is 2.63. The van der Waals surface area contributed by atoms with Crippen LogP contribution in [-0.2, 0) is 10.8 Å². The lowest BCUT2D eigenvalue weighted by Crippen LogP contribution is -2.32. The third-order valence-corrected chi connectivity index (χ3v) is 4.98. The van der Waals surface area contributed by atoms with Crippen molar-refractivity contribution < 1.29 is 0 Å². The maximum absolute atomic E-state index is 2.36. The summed E-state index contributed by atoms with van der Waals surface area (Å²) in [5.41, 5.74) is 6.70. The molecule has 0 aliphatic heterocycles. The molecule has 0 atom stereocenters. The van der Waals surface area contributed by atoms with E-state index in [1.165, 1.54) is 24.0 Å². The maximum atomic E-state index is 2.36. The van der Waals surface area contributed by atoms with Gasteiger partial charge in [0.15, 0.2) is 0 Å². The van der Waals surface area contributed by atoms with E-state index in [0.29, 0.717) is 5.41 Å². The smallest absolute Gasteiger partial charge is 0.0209 e. The van der Waals surface area contributed by atoms with Gasteiger partial charge in [0.1, 0.15) is 0 Å². The van der Waals surface area contributed by atoms with Crippen molar-refractivity contribution in [2.45, 2.75) is 37.5 Å². The molecule has 1 fully saturated rings. The molecule has 0 saturated heterocycles. The first kappa shape index (κ1) is 10.4. The number of benzene rings is 2. The van der Waals surface area contributed by atoms with E-state index in [-0.39, 0.29) is 5.41 Å². The van der Waals surface area contributed by atoms with Gasteiger partial charge in [0, 0.05) is 10.8 Å². The van der Waals surface area contributed by atoms with Gasteiger partial charge in [-0.3, -0.25) is 0 Å². The van der Waals surface area contributed by atoms with Crippen molar-refractivity contribution in [3.63, 3.8) is 0 Å². The molecule has 0 amide bonds. The molecular formula is C18H18. The summed E-state index contributed by atoms with van der Waals surface area (Å²) in [7, 11) is 0. The van der Waals surface area contributed by atoms with Crippen LogP contribution in [0.1, 0.15) is 48.9 Å². The highest BCUT2D eigenvalue weighted by atomic mass is 14.6. The molecule has 2 aromatic carbocycles. The molecule has 0 heterocycles. The number of hydrogen-bond donors (Lipinski definition) is 0. The normalized spacial score (nSPS) is 21.2. The van der Waals surface area contributed by atoms with Gasteiger partial charge in [0.2, 0.25) is 0 Å². The van der Waals surface area contributed by atoms with Crippen molar-refractivity contribution in [2.75, 3.05) is 0 Å². The summed E-state index contributed by atoms with van der Waals surface area (Å²) in [5, 5.41) is 0. The van der Waals surface area contributed by atoms with Crippen LogP contribution in [0.3, 0.4) is 0 Å². The van der Waals surface area contributed by atoms with E-state index in [2.05, 4.69) is 62.4 Å². The van der Waals surface area contributed by atoms with Gasteiger partial charge in [-0.1, -0.05) is 62.4 Å².